The molecular formula is C16H17N3O2. The summed E-state index contributed by atoms with van der Waals surface area (Å²) in [6.07, 6.45) is 2.66. The minimum atomic E-state index is -0.135. The number of carbonyl (C=O) groups is 2. The molecule has 3 rings (SSSR count). The standard InChI is InChI=1S/C16H17N3O2/c1-11(20)19-9-7-12-10-13(5-6-14(12)19)17-16(21)15-4-3-8-18(15)2/h3-6,8,10H,7,9H2,1-2H3,(H,17,21). The Morgan fingerprint density at radius 2 is 2.05 bits per heavy atom. The van der Waals surface area contributed by atoms with Crippen molar-refractivity contribution in [3.8, 4) is 0 Å². The fourth-order valence-electron chi connectivity index (χ4n) is 2.70. The lowest BCUT2D eigenvalue weighted by molar-refractivity contribution is -0.116. The zero-order valence-corrected chi connectivity index (χ0v) is 12.1. The van der Waals surface area contributed by atoms with Crippen molar-refractivity contribution < 1.29 is 9.59 Å². The normalized spacial score (nSPS) is 13.1. The van der Waals surface area contributed by atoms with Gasteiger partial charge in [0, 0.05) is 38.1 Å². The van der Waals surface area contributed by atoms with Crippen LogP contribution in [0.2, 0.25) is 0 Å². The van der Waals surface area contributed by atoms with E-state index < -0.39 is 0 Å². The van der Waals surface area contributed by atoms with E-state index >= 15 is 0 Å². The van der Waals surface area contributed by atoms with Crippen molar-refractivity contribution in [2.45, 2.75) is 13.3 Å². The third-order valence-corrected chi connectivity index (χ3v) is 3.79. The van der Waals surface area contributed by atoms with E-state index in [0.29, 0.717) is 12.2 Å². The maximum Gasteiger partial charge on any atom is 0.272 e. The van der Waals surface area contributed by atoms with Gasteiger partial charge < -0.3 is 14.8 Å². The van der Waals surface area contributed by atoms with Gasteiger partial charge in [0.05, 0.1) is 0 Å². The average molecular weight is 283 g/mol. The van der Waals surface area contributed by atoms with Crippen molar-refractivity contribution in [3.05, 3.63) is 47.8 Å². The maximum atomic E-state index is 12.2. The molecule has 0 aliphatic carbocycles. The molecule has 0 atom stereocenters. The van der Waals surface area contributed by atoms with E-state index in [4.69, 9.17) is 0 Å². The van der Waals surface area contributed by atoms with Crippen molar-refractivity contribution in [2.75, 3.05) is 16.8 Å². The van der Waals surface area contributed by atoms with Gasteiger partial charge in [0.2, 0.25) is 5.91 Å². The number of rotatable bonds is 2. The number of anilines is 2. The summed E-state index contributed by atoms with van der Waals surface area (Å²) in [6.45, 7) is 2.28. The molecule has 5 nitrogen and oxygen atoms in total. The van der Waals surface area contributed by atoms with E-state index in [0.717, 1.165) is 23.4 Å². The molecule has 0 saturated heterocycles. The molecule has 1 aliphatic rings. The minimum absolute atomic E-state index is 0.0503. The molecule has 21 heavy (non-hydrogen) atoms. The largest absolute Gasteiger partial charge is 0.347 e. The molecule has 1 aromatic carbocycles. The van der Waals surface area contributed by atoms with E-state index in [1.165, 1.54) is 0 Å². The summed E-state index contributed by atoms with van der Waals surface area (Å²) >= 11 is 0. The number of carbonyl (C=O) groups excluding carboxylic acids is 2. The summed E-state index contributed by atoms with van der Waals surface area (Å²) in [5.74, 6) is -0.0850. The summed E-state index contributed by atoms with van der Waals surface area (Å²) in [5.41, 5.74) is 3.40. The van der Waals surface area contributed by atoms with Crippen LogP contribution in [-0.2, 0) is 18.3 Å². The van der Waals surface area contributed by atoms with E-state index in [2.05, 4.69) is 5.32 Å². The molecule has 0 fully saturated rings. The van der Waals surface area contributed by atoms with E-state index in [9.17, 15) is 9.59 Å². The molecule has 0 radical (unpaired) electrons. The Morgan fingerprint density at radius 3 is 2.71 bits per heavy atom. The summed E-state index contributed by atoms with van der Waals surface area (Å²) in [7, 11) is 1.84. The lowest BCUT2D eigenvalue weighted by Crippen LogP contribution is -2.25. The molecule has 0 unspecified atom stereocenters. The minimum Gasteiger partial charge on any atom is -0.347 e. The Labute approximate surface area is 123 Å². The van der Waals surface area contributed by atoms with Crippen molar-refractivity contribution in [1.29, 1.82) is 0 Å². The van der Waals surface area contributed by atoms with Crippen LogP contribution in [0.15, 0.2) is 36.5 Å². The molecule has 1 N–H and O–H groups in total. The topological polar surface area (TPSA) is 54.3 Å². The van der Waals surface area contributed by atoms with Crippen LogP contribution >= 0.6 is 0 Å². The van der Waals surface area contributed by atoms with E-state index in [1.54, 1.807) is 22.5 Å². The van der Waals surface area contributed by atoms with Crippen LogP contribution in [0.4, 0.5) is 11.4 Å². The van der Waals surface area contributed by atoms with Crippen LogP contribution in [0.1, 0.15) is 23.0 Å². The van der Waals surface area contributed by atoms with Crippen LogP contribution in [0, 0.1) is 0 Å². The van der Waals surface area contributed by atoms with Crippen molar-refractivity contribution in [3.63, 3.8) is 0 Å². The highest BCUT2D eigenvalue weighted by molar-refractivity contribution is 6.03. The molecule has 2 amide bonds. The number of fused-ring (bicyclic) bond motifs is 1. The SMILES string of the molecule is CC(=O)N1CCc2cc(NC(=O)c3cccn3C)ccc21. The number of amides is 2. The molecule has 1 aliphatic heterocycles. The Balaban J connectivity index is 1.81. The monoisotopic (exact) mass is 283 g/mol. The van der Waals surface area contributed by atoms with Gasteiger partial charge in [0.1, 0.15) is 5.69 Å². The third kappa shape index (κ3) is 2.42. The molecule has 108 valence electrons. The number of aromatic nitrogens is 1. The third-order valence-electron chi connectivity index (χ3n) is 3.79. The van der Waals surface area contributed by atoms with Gasteiger partial charge >= 0.3 is 0 Å². The fraction of sp³-hybridized carbons (Fsp3) is 0.250. The molecule has 2 heterocycles. The number of aryl methyl sites for hydroxylation is 1. The summed E-state index contributed by atoms with van der Waals surface area (Å²) in [4.78, 5) is 25.5. The summed E-state index contributed by atoms with van der Waals surface area (Å²) < 4.78 is 1.78. The zero-order valence-electron chi connectivity index (χ0n) is 12.1. The Kier molecular flexibility index (Phi) is 3.25. The second-order valence-electron chi connectivity index (χ2n) is 5.22. The molecular weight excluding hydrogens is 266 g/mol. The fourth-order valence-corrected chi connectivity index (χ4v) is 2.70. The van der Waals surface area contributed by atoms with Crippen LogP contribution in [-0.4, -0.2) is 22.9 Å². The number of hydrogen-bond acceptors (Lipinski definition) is 2. The van der Waals surface area contributed by atoms with Gasteiger partial charge in [0.15, 0.2) is 0 Å². The maximum absolute atomic E-state index is 12.2. The number of nitrogens with zero attached hydrogens (tertiary/aromatic N) is 2. The molecule has 2 aromatic rings. The lowest BCUT2D eigenvalue weighted by atomic mass is 10.1. The highest BCUT2D eigenvalue weighted by Crippen LogP contribution is 2.30. The Bertz CT molecular complexity index is 718. The first-order valence-corrected chi connectivity index (χ1v) is 6.90. The highest BCUT2D eigenvalue weighted by atomic mass is 16.2. The van der Waals surface area contributed by atoms with Crippen LogP contribution in [0.3, 0.4) is 0 Å². The predicted octanol–water partition coefficient (Wildman–Crippen LogP) is 2.19. The van der Waals surface area contributed by atoms with Crippen molar-refractivity contribution >= 4 is 23.2 Å². The lowest BCUT2D eigenvalue weighted by Gasteiger charge is -2.15. The zero-order chi connectivity index (χ0) is 15.0. The van der Waals surface area contributed by atoms with Gasteiger partial charge in [0.25, 0.3) is 5.91 Å². The second kappa shape index (κ2) is 5.09. The molecule has 0 spiro atoms. The van der Waals surface area contributed by atoms with Crippen LogP contribution in [0.25, 0.3) is 0 Å². The van der Waals surface area contributed by atoms with Crippen molar-refractivity contribution in [2.24, 2.45) is 7.05 Å². The first kappa shape index (κ1) is 13.4. The number of benzene rings is 1. The van der Waals surface area contributed by atoms with Crippen LogP contribution in [0.5, 0.6) is 0 Å². The second-order valence-corrected chi connectivity index (χ2v) is 5.22. The first-order chi connectivity index (χ1) is 10.1. The smallest absolute Gasteiger partial charge is 0.272 e. The van der Waals surface area contributed by atoms with Gasteiger partial charge in [-0.25, -0.2) is 0 Å². The Morgan fingerprint density at radius 1 is 1.24 bits per heavy atom. The number of nitrogens with one attached hydrogen (secondary N) is 1. The predicted molar refractivity (Wildman–Crippen MR) is 81.5 cm³/mol. The summed E-state index contributed by atoms with van der Waals surface area (Å²) in [6, 6.07) is 9.28. The average Bonchev–Trinajstić information content (AvgIpc) is 3.04. The van der Waals surface area contributed by atoms with Crippen molar-refractivity contribution in [1.82, 2.24) is 4.57 Å². The van der Waals surface area contributed by atoms with E-state index in [1.807, 2.05) is 37.5 Å². The highest BCUT2D eigenvalue weighted by Gasteiger charge is 2.22. The van der Waals surface area contributed by atoms with Crippen LogP contribution < -0.4 is 10.2 Å². The Hall–Kier alpha value is -2.56. The van der Waals surface area contributed by atoms with Gasteiger partial charge in [-0.1, -0.05) is 0 Å². The van der Waals surface area contributed by atoms with Gasteiger partial charge in [-0.3, -0.25) is 9.59 Å². The van der Waals surface area contributed by atoms with Gasteiger partial charge in [-0.15, -0.1) is 0 Å². The quantitative estimate of drug-likeness (QED) is 0.918. The summed E-state index contributed by atoms with van der Waals surface area (Å²) in [5, 5.41) is 2.90. The van der Waals surface area contributed by atoms with Gasteiger partial charge in [-0.05, 0) is 42.3 Å². The van der Waals surface area contributed by atoms with Gasteiger partial charge in [-0.2, -0.15) is 0 Å². The molecule has 1 aromatic heterocycles. The molecule has 0 bridgehead atoms. The molecule has 5 heteroatoms. The van der Waals surface area contributed by atoms with E-state index in [-0.39, 0.29) is 11.8 Å². The molecule has 0 saturated carbocycles. The number of hydrogen-bond donors (Lipinski definition) is 1. The first-order valence-electron chi connectivity index (χ1n) is 6.90.